The van der Waals surface area contributed by atoms with E-state index in [1.165, 1.54) is 19.2 Å². The number of carbonyl (C=O) groups excluding carboxylic acids is 1. The van der Waals surface area contributed by atoms with E-state index in [9.17, 15) is 4.79 Å². The van der Waals surface area contributed by atoms with Crippen molar-refractivity contribution in [1.29, 1.82) is 0 Å². The van der Waals surface area contributed by atoms with Crippen molar-refractivity contribution < 1.29 is 4.79 Å². The first-order valence-electron chi connectivity index (χ1n) is 8.32. The van der Waals surface area contributed by atoms with Crippen LogP contribution in [-0.4, -0.2) is 36.0 Å². The maximum atomic E-state index is 11.1. The summed E-state index contributed by atoms with van der Waals surface area (Å²) in [6, 6.07) is -0.455. The number of nitrogens with zero attached hydrogens (tertiary/aromatic N) is 1. The maximum absolute atomic E-state index is 11.1. The van der Waals surface area contributed by atoms with E-state index in [2.05, 4.69) is 34.4 Å². The second-order valence-corrected chi connectivity index (χ2v) is 4.61. The fraction of sp³-hybridized carbons (Fsp3) is 0.750. The van der Waals surface area contributed by atoms with Gasteiger partial charge in [-0.2, -0.15) is 0 Å². The van der Waals surface area contributed by atoms with Crippen molar-refractivity contribution in [2.24, 2.45) is 5.73 Å². The van der Waals surface area contributed by atoms with Crippen molar-refractivity contribution >= 4 is 5.91 Å². The molecule has 6 heteroatoms. The number of imidazole rings is 1. The van der Waals surface area contributed by atoms with E-state index < -0.39 is 6.04 Å². The third kappa shape index (κ3) is 12.3. The molecule has 0 fully saturated rings. The van der Waals surface area contributed by atoms with Crippen LogP contribution in [0.25, 0.3) is 0 Å². The molecule has 1 rings (SSSR count). The minimum atomic E-state index is -0.455. The molecule has 1 atom stereocenters. The highest BCUT2D eigenvalue weighted by molar-refractivity contribution is 5.80. The first-order valence-corrected chi connectivity index (χ1v) is 8.32. The van der Waals surface area contributed by atoms with Gasteiger partial charge in [0.25, 0.3) is 0 Å². The lowest BCUT2D eigenvalue weighted by atomic mass is 10.2. The molecule has 0 aliphatic rings. The molecule has 1 amide bonds. The molecule has 1 unspecified atom stereocenters. The smallest absolute Gasteiger partial charge is 0.240 e. The van der Waals surface area contributed by atoms with Crippen LogP contribution in [0.4, 0.5) is 0 Å². The Kier molecular flexibility index (Phi) is 18.4. The third-order valence-corrected chi connectivity index (χ3v) is 2.77. The number of H-pyrrole nitrogens is 1. The third-order valence-electron chi connectivity index (χ3n) is 2.77. The molecule has 0 radical (unpaired) electrons. The number of aromatic amines is 1. The molecule has 130 valence electrons. The number of nitrogens with two attached hydrogens (primary N) is 1. The monoisotopic (exact) mass is 313 g/mol. The molecule has 0 bridgehead atoms. The molecular formula is C16H35N5O. The highest BCUT2D eigenvalue weighted by atomic mass is 16.1. The lowest BCUT2D eigenvalue weighted by Gasteiger charge is -2.12. The van der Waals surface area contributed by atoms with Crippen molar-refractivity contribution in [3.05, 3.63) is 18.2 Å². The minimum Gasteiger partial charge on any atom is -0.368 e. The van der Waals surface area contributed by atoms with Crippen molar-refractivity contribution in [2.45, 2.75) is 59.4 Å². The Labute approximate surface area is 135 Å². The standard InChI is InChI=1S/C9H16N4O.C5H13N.C2H6/c1-2-3-4-12-8(9(10)14)7-5-11-6-13-7;1-3-4-5-6-2;1-2/h5-6,8,12H,2-4H2,1H3,(H2,10,14)(H,11,13);6H,3-5H2,1-2H3;1-2H3. The van der Waals surface area contributed by atoms with Crippen molar-refractivity contribution in [3.63, 3.8) is 0 Å². The van der Waals surface area contributed by atoms with E-state index in [0.717, 1.165) is 25.9 Å². The summed E-state index contributed by atoms with van der Waals surface area (Å²) in [6.45, 7) is 10.2. The van der Waals surface area contributed by atoms with Gasteiger partial charge in [0.15, 0.2) is 0 Å². The summed E-state index contributed by atoms with van der Waals surface area (Å²) in [5, 5.41) is 6.15. The Morgan fingerprint density at radius 3 is 2.23 bits per heavy atom. The summed E-state index contributed by atoms with van der Waals surface area (Å²) in [6.07, 6.45) is 7.85. The van der Waals surface area contributed by atoms with Crippen molar-refractivity contribution in [3.8, 4) is 0 Å². The number of nitrogens with one attached hydrogen (secondary N) is 3. The van der Waals surface area contributed by atoms with Gasteiger partial charge in [0.2, 0.25) is 5.91 Å². The average Bonchev–Trinajstić information content (AvgIpc) is 3.06. The molecule has 0 saturated heterocycles. The first-order chi connectivity index (χ1) is 10.7. The molecule has 0 aliphatic carbocycles. The summed E-state index contributed by atoms with van der Waals surface area (Å²) >= 11 is 0. The van der Waals surface area contributed by atoms with Gasteiger partial charge in [-0.3, -0.25) is 4.79 Å². The van der Waals surface area contributed by atoms with Crippen LogP contribution in [0.15, 0.2) is 12.5 Å². The zero-order valence-corrected chi connectivity index (χ0v) is 14.9. The Morgan fingerprint density at radius 2 is 1.86 bits per heavy atom. The normalized spacial score (nSPS) is 10.8. The van der Waals surface area contributed by atoms with Crippen LogP contribution in [-0.2, 0) is 4.79 Å². The number of unbranched alkanes of at least 4 members (excludes halogenated alkanes) is 2. The molecule has 0 saturated carbocycles. The van der Waals surface area contributed by atoms with Gasteiger partial charge in [-0.05, 0) is 33.0 Å². The Bertz CT molecular complexity index is 323. The summed E-state index contributed by atoms with van der Waals surface area (Å²) in [5.74, 6) is -0.384. The summed E-state index contributed by atoms with van der Waals surface area (Å²) in [5.41, 5.74) is 5.98. The van der Waals surface area contributed by atoms with Crippen LogP contribution in [0.5, 0.6) is 0 Å². The second-order valence-electron chi connectivity index (χ2n) is 4.61. The Hall–Kier alpha value is -1.40. The van der Waals surface area contributed by atoms with Crippen molar-refractivity contribution in [1.82, 2.24) is 20.6 Å². The molecule has 0 aliphatic heterocycles. The van der Waals surface area contributed by atoms with Crippen LogP contribution in [0.1, 0.15) is 65.1 Å². The Balaban J connectivity index is 0. The minimum absolute atomic E-state index is 0.384. The number of rotatable bonds is 9. The molecule has 0 aromatic carbocycles. The highest BCUT2D eigenvalue weighted by Gasteiger charge is 2.17. The molecule has 5 N–H and O–H groups in total. The molecule has 6 nitrogen and oxygen atoms in total. The van der Waals surface area contributed by atoms with Gasteiger partial charge in [0.1, 0.15) is 6.04 Å². The lowest BCUT2D eigenvalue weighted by molar-refractivity contribution is -0.120. The van der Waals surface area contributed by atoms with E-state index in [1.807, 2.05) is 20.9 Å². The summed E-state index contributed by atoms with van der Waals surface area (Å²) in [7, 11) is 1.98. The molecule has 22 heavy (non-hydrogen) atoms. The van der Waals surface area contributed by atoms with Gasteiger partial charge in [-0.25, -0.2) is 4.98 Å². The lowest BCUT2D eigenvalue weighted by Crippen LogP contribution is -2.34. The maximum Gasteiger partial charge on any atom is 0.240 e. The SMILES string of the molecule is CC.CCCCNC.CCCCNC(C(N)=O)c1cnc[nH]1. The van der Waals surface area contributed by atoms with Gasteiger partial charge in [-0.15, -0.1) is 0 Å². The quantitative estimate of drug-likeness (QED) is 0.526. The van der Waals surface area contributed by atoms with Gasteiger partial charge >= 0.3 is 0 Å². The van der Waals surface area contributed by atoms with Gasteiger partial charge in [-0.1, -0.05) is 40.5 Å². The van der Waals surface area contributed by atoms with E-state index >= 15 is 0 Å². The number of amides is 1. The first kappa shape index (κ1) is 22.9. The van der Waals surface area contributed by atoms with E-state index in [0.29, 0.717) is 5.69 Å². The predicted octanol–water partition coefficient (Wildman–Crippen LogP) is 2.36. The molecule has 0 spiro atoms. The number of primary amides is 1. The molecule has 1 aromatic rings. The number of aromatic nitrogens is 2. The van der Waals surface area contributed by atoms with E-state index in [4.69, 9.17) is 5.73 Å². The fourth-order valence-electron chi connectivity index (χ4n) is 1.57. The number of carbonyl (C=O) groups is 1. The van der Waals surface area contributed by atoms with Gasteiger partial charge in [0, 0.05) is 0 Å². The van der Waals surface area contributed by atoms with Crippen LogP contribution in [0.2, 0.25) is 0 Å². The van der Waals surface area contributed by atoms with Crippen LogP contribution >= 0.6 is 0 Å². The molecule has 1 heterocycles. The van der Waals surface area contributed by atoms with Gasteiger partial charge < -0.3 is 21.4 Å². The Morgan fingerprint density at radius 1 is 1.27 bits per heavy atom. The number of hydrogen-bond acceptors (Lipinski definition) is 4. The second kappa shape index (κ2) is 17.7. The van der Waals surface area contributed by atoms with Crippen molar-refractivity contribution in [2.75, 3.05) is 20.1 Å². The predicted molar refractivity (Wildman–Crippen MR) is 93.6 cm³/mol. The molecule has 1 aromatic heterocycles. The zero-order valence-electron chi connectivity index (χ0n) is 14.9. The van der Waals surface area contributed by atoms with Gasteiger partial charge in [0.05, 0.1) is 18.2 Å². The number of hydrogen-bond donors (Lipinski definition) is 4. The van der Waals surface area contributed by atoms with Crippen LogP contribution < -0.4 is 16.4 Å². The highest BCUT2D eigenvalue weighted by Crippen LogP contribution is 2.07. The zero-order chi connectivity index (χ0) is 17.2. The molecular weight excluding hydrogens is 278 g/mol. The summed E-state index contributed by atoms with van der Waals surface area (Å²) in [4.78, 5) is 17.8. The van der Waals surface area contributed by atoms with Crippen LogP contribution in [0, 0.1) is 0 Å². The van der Waals surface area contributed by atoms with E-state index in [1.54, 1.807) is 6.20 Å². The average molecular weight is 313 g/mol. The van der Waals surface area contributed by atoms with Crippen LogP contribution in [0.3, 0.4) is 0 Å². The summed E-state index contributed by atoms with van der Waals surface area (Å²) < 4.78 is 0. The van der Waals surface area contributed by atoms with E-state index in [-0.39, 0.29) is 5.91 Å². The fourth-order valence-corrected chi connectivity index (χ4v) is 1.57. The largest absolute Gasteiger partial charge is 0.368 e. The topological polar surface area (TPSA) is 95.8 Å².